The summed E-state index contributed by atoms with van der Waals surface area (Å²) >= 11 is 0. The van der Waals surface area contributed by atoms with Gasteiger partial charge in [-0.05, 0) is 140 Å². The molecule has 0 saturated heterocycles. The molecule has 6 unspecified atom stereocenters. The van der Waals surface area contributed by atoms with E-state index in [2.05, 4.69) is 199 Å². The second kappa shape index (κ2) is 77.5. The molecular weight excluding hydrogens is 1400 g/mol. The summed E-state index contributed by atoms with van der Waals surface area (Å²) in [7, 11) is 0. The summed E-state index contributed by atoms with van der Waals surface area (Å²) in [4.78, 5) is 100. The van der Waals surface area contributed by atoms with Crippen molar-refractivity contribution in [1.82, 2.24) is 53.2 Å². The first-order chi connectivity index (χ1) is 50.5. The van der Waals surface area contributed by atoms with Gasteiger partial charge >= 0.3 is 0 Å². The lowest BCUT2D eigenvalue weighted by molar-refractivity contribution is -0.131. The average molecular weight is 1600 g/mol. The van der Waals surface area contributed by atoms with Gasteiger partial charge in [-0.15, -0.1) is 0 Å². The number of carbonyl (C=O) groups is 8. The van der Waals surface area contributed by atoms with Gasteiger partial charge in [-0.25, -0.2) is 0 Å². The van der Waals surface area contributed by atoms with Crippen LogP contribution in [-0.2, 0) is 38.4 Å². The van der Waals surface area contributed by atoms with Crippen LogP contribution in [0.5, 0.6) is 0 Å². The van der Waals surface area contributed by atoms with Crippen molar-refractivity contribution < 1.29 is 38.4 Å². The Morgan fingerprint density at radius 1 is 0.241 bits per heavy atom. The quantitative estimate of drug-likeness (QED) is 0.0254. The molecule has 2 amide bonds. The zero-order valence-corrected chi connectivity index (χ0v) is 76.0. The molecule has 18 heteroatoms. The van der Waals surface area contributed by atoms with Crippen molar-refractivity contribution in [2.24, 2.45) is 53.3 Å². The molecule has 0 heterocycles. The van der Waals surface area contributed by atoms with Crippen LogP contribution >= 0.6 is 0 Å². The fourth-order valence-electron chi connectivity index (χ4n) is 12.9. The number of hydrogen-bond acceptors (Lipinski definition) is 16. The molecule has 0 spiro atoms. The van der Waals surface area contributed by atoms with Gasteiger partial charge in [-0.1, -0.05) is 275 Å². The predicted octanol–water partition coefficient (Wildman–Crippen LogP) is 19.5. The van der Waals surface area contributed by atoms with Crippen molar-refractivity contribution in [3.8, 4) is 0 Å². The number of rotatable bonds is 65. The Hall–Kier alpha value is -3.36. The van der Waals surface area contributed by atoms with Crippen molar-refractivity contribution in [2.45, 2.75) is 470 Å². The molecule has 0 fully saturated rings. The Morgan fingerprint density at radius 2 is 0.509 bits per heavy atom. The third kappa shape index (κ3) is 76.6. The molecule has 0 rings (SSSR count). The van der Waals surface area contributed by atoms with Crippen LogP contribution in [0.3, 0.4) is 0 Å². The van der Waals surface area contributed by atoms with Gasteiger partial charge in [-0.2, -0.15) is 0 Å². The van der Waals surface area contributed by atoms with Crippen LogP contribution in [0.25, 0.3) is 0 Å². The molecule has 112 heavy (non-hydrogen) atoms. The van der Waals surface area contributed by atoms with Gasteiger partial charge in [-0.3, -0.25) is 38.4 Å². The third-order valence-corrected chi connectivity index (χ3v) is 19.1. The van der Waals surface area contributed by atoms with Crippen molar-refractivity contribution in [1.29, 1.82) is 0 Å². The maximum Gasteiger partial charge on any atom is 0.219 e. The monoisotopic (exact) mass is 1600 g/mol. The molecule has 0 aromatic carbocycles. The zero-order chi connectivity index (χ0) is 83.4. The molecule has 0 saturated carbocycles. The number of amides is 2. The lowest BCUT2D eigenvalue weighted by Crippen LogP contribution is -2.47. The molecule has 672 valence electrons. The number of ketones is 6. The first kappa shape index (κ1) is 124. The fourth-order valence-corrected chi connectivity index (χ4v) is 12.9. The van der Waals surface area contributed by atoms with Crippen molar-refractivity contribution in [3.05, 3.63) is 0 Å². The second-order valence-corrected chi connectivity index (χ2v) is 36.0. The molecule has 0 bridgehead atoms. The number of carbonyl (C=O) groups excluding carboxylic acids is 8. The lowest BCUT2D eigenvalue weighted by Gasteiger charge is -2.28. The van der Waals surface area contributed by atoms with E-state index in [0.29, 0.717) is 98.6 Å². The molecule has 0 aromatic heterocycles. The van der Waals surface area contributed by atoms with E-state index in [1.807, 2.05) is 55.4 Å². The topological polar surface area (TPSA) is 257 Å². The Bertz CT molecular complexity index is 2250. The summed E-state index contributed by atoms with van der Waals surface area (Å²) in [5, 5.41) is 33.4. The molecule has 0 aliphatic heterocycles. The summed E-state index contributed by atoms with van der Waals surface area (Å²) in [6, 6.07) is 2.61. The zero-order valence-electron chi connectivity index (χ0n) is 76.0. The van der Waals surface area contributed by atoms with Gasteiger partial charge in [0.2, 0.25) is 11.8 Å². The van der Waals surface area contributed by atoms with E-state index < -0.39 is 0 Å². The highest BCUT2D eigenvalue weighted by molar-refractivity contribution is 5.92. The Balaban J connectivity index is -0.000000218. The van der Waals surface area contributed by atoms with E-state index in [-0.39, 0.29) is 142 Å². The average Bonchev–Trinajstić information content (AvgIpc) is 0.888. The minimum Gasteiger partial charge on any atom is -0.356 e. The van der Waals surface area contributed by atoms with E-state index in [0.717, 1.165) is 155 Å². The Labute approximate surface area is 697 Å². The number of Topliss-reactive ketones (excluding diaryl/α,β-unsaturated/α-hetero) is 6. The van der Waals surface area contributed by atoms with Crippen LogP contribution in [0.15, 0.2) is 0 Å². The van der Waals surface area contributed by atoms with Gasteiger partial charge in [0.25, 0.3) is 0 Å². The number of nitrogens with one attached hydrogen (secondary N) is 10. The van der Waals surface area contributed by atoms with Gasteiger partial charge in [0.05, 0.1) is 24.2 Å². The summed E-state index contributed by atoms with van der Waals surface area (Å²) < 4.78 is 0. The summed E-state index contributed by atoms with van der Waals surface area (Å²) in [5.74, 6) is 3.25. The summed E-state index contributed by atoms with van der Waals surface area (Å²) in [6.45, 7) is 65.7. The van der Waals surface area contributed by atoms with E-state index >= 15 is 0 Å². The van der Waals surface area contributed by atoms with Crippen LogP contribution in [0.1, 0.15) is 397 Å². The fraction of sp³-hybridized carbons (Fsp3) is 0.915. The minimum atomic E-state index is -0.234. The highest BCUT2D eigenvalue weighted by Crippen LogP contribution is 2.24. The van der Waals surface area contributed by atoms with E-state index in [4.69, 9.17) is 0 Å². The van der Waals surface area contributed by atoms with Crippen molar-refractivity contribution in [3.63, 3.8) is 0 Å². The molecule has 0 aliphatic rings. The van der Waals surface area contributed by atoms with Gasteiger partial charge in [0.1, 0.15) is 23.1 Å². The van der Waals surface area contributed by atoms with E-state index in [1.54, 1.807) is 0 Å². The molecule has 0 radical (unpaired) electrons. The molecule has 0 aromatic rings. The standard InChI is InChI=1S/C30H59N3O3.C25H51N3O2.C20H40N2O2.C15H32N2O.4CH4/c1-22(2)15-9-10-18-29(35)32-20-14-12-17-27(33-25(7)8)28(34)21-26(30(36)23(3)4)16-11-13-19-31-24(5)6;1-18(2)25(30)22(13-9-11-15-26-19(3)4)17-24(29)23(28-21(7)8)14-10-12-16-27-20(5)6;1-15(2)11-7-8-13-19(23)21-14-10-9-12-18(22-17(5)6)20(24)16(3)4;1-10(2)15(18)14(17-12(5)6)13(7)8-9-16-11(3)4;;;;/h22-27,31,33H,9-21H2,1-8H3,(H,32,35);18-23,26-28H,9-17H2,1-8H3;15-18,22H,7-14H2,1-6H3,(H,21,23);10-14,16-17H,8-9H2,1-7H3;4*1H4/t;;;13?,14-;;;;/m...0..../s1. The van der Waals surface area contributed by atoms with E-state index in [1.165, 1.54) is 12.8 Å². The van der Waals surface area contributed by atoms with Crippen LogP contribution in [0.2, 0.25) is 0 Å². The predicted molar refractivity (Wildman–Crippen MR) is 489 cm³/mol. The van der Waals surface area contributed by atoms with Crippen molar-refractivity contribution >= 4 is 46.5 Å². The maximum atomic E-state index is 13.3. The summed E-state index contributed by atoms with van der Waals surface area (Å²) in [5.41, 5.74) is 0. The lowest BCUT2D eigenvalue weighted by atomic mass is 9.85. The van der Waals surface area contributed by atoms with E-state index in [9.17, 15) is 38.4 Å². The van der Waals surface area contributed by atoms with Crippen LogP contribution < -0.4 is 53.2 Å². The maximum absolute atomic E-state index is 13.3. The molecule has 0 aliphatic carbocycles. The molecular formula is C94H198N10O8. The summed E-state index contributed by atoms with van der Waals surface area (Å²) in [6.07, 6.45) is 23.2. The second-order valence-electron chi connectivity index (χ2n) is 36.0. The van der Waals surface area contributed by atoms with Crippen molar-refractivity contribution in [2.75, 3.05) is 39.3 Å². The van der Waals surface area contributed by atoms with Crippen LogP contribution in [0.4, 0.5) is 0 Å². The van der Waals surface area contributed by atoms with Gasteiger partial charge < -0.3 is 53.2 Å². The SMILES string of the molecule is C.C.C.C.CC(C)CCCCC(=O)NCCCCC(NC(C)C)C(=O)C(C)C.CC(C)CCCCC(=O)NCCCCC(NC(C)C)C(=O)CC(CCCCNC(C)C)C(=O)C(C)C.CC(C)NCCC(C)[C@H](NC(C)C)C(=O)C(C)C.CC(C)NCCCCC(CC(=O)C(CCCCNC(C)C)NC(C)C)C(=O)C(C)C. The highest BCUT2D eigenvalue weighted by atomic mass is 16.2. The smallest absolute Gasteiger partial charge is 0.219 e. The van der Waals surface area contributed by atoms with Gasteiger partial charge in [0.15, 0.2) is 11.6 Å². The minimum absolute atomic E-state index is 0. The molecule has 10 N–H and O–H groups in total. The highest BCUT2D eigenvalue weighted by Gasteiger charge is 2.31. The number of hydrogen-bond donors (Lipinski definition) is 10. The molecule has 18 nitrogen and oxygen atoms in total. The third-order valence-electron chi connectivity index (χ3n) is 19.1. The van der Waals surface area contributed by atoms with Crippen LogP contribution in [0, 0.1) is 53.3 Å². The largest absolute Gasteiger partial charge is 0.356 e. The number of unbranched alkanes of at least 4 members (excludes halogenated alkanes) is 7. The first-order valence-corrected chi connectivity index (χ1v) is 44.2. The first-order valence-electron chi connectivity index (χ1n) is 44.2. The van der Waals surface area contributed by atoms with Gasteiger partial charge in [0, 0.05) is 123 Å². The Kier molecular flexibility index (Phi) is 86.0. The molecule has 7 atom stereocenters. The Morgan fingerprint density at radius 3 is 0.795 bits per heavy atom. The normalized spacial score (nSPS) is 13.4. The van der Waals surface area contributed by atoms with Crippen LogP contribution in [-0.4, -0.2) is 158 Å².